The molecule has 7 nitrogen and oxygen atoms in total. The molecule has 0 saturated carbocycles. The number of halogens is 1. The predicted molar refractivity (Wildman–Crippen MR) is 130 cm³/mol. The maximum Gasteiger partial charge on any atom is 0.265 e. The fourth-order valence-corrected chi connectivity index (χ4v) is 4.20. The average Bonchev–Trinajstić information content (AvgIpc) is 2.80. The molecule has 1 amide bonds. The molecule has 0 fully saturated rings. The molecule has 3 aromatic carbocycles. The first-order chi connectivity index (χ1) is 15.7. The van der Waals surface area contributed by atoms with Crippen LogP contribution in [0.2, 0.25) is 5.02 Å². The van der Waals surface area contributed by atoms with Gasteiger partial charge in [0.25, 0.3) is 15.9 Å². The highest BCUT2D eigenvalue weighted by Gasteiger charge is 2.20. The number of hydrogen-bond donors (Lipinski definition) is 2. The number of benzene rings is 3. The van der Waals surface area contributed by atoms with Crippen LogP contribution < -0.4 is 19.5 Å². The van der Waals surface area contributed by atoms with E-state index >= 15 is 0 Å². The van der Waals surface area contributed by atoms with E-state index in [2.05, 4.69) is 10.0 Å². The Morgan fingerprint density at radius 1 is 1.00 bits per heavy atom. The number of anilines is 2. The molecule has 3 rings (SSSR count). The molecule has 174 valence electrons. The summed E-state index contributed by atoms with van der Waals surface area (Å²) in [6.45, 7) is 3.67. The Morgan fingerprint density at radius 2 is 1.67 bits per heavy atom. The lowest BCUT2D eigenvalue weighted by Crippen LogP contribution is -2.32. The standard InChI is InChI=1S/C24H25ClN2O5S/c1-4-23(32-20-7-5-6-19(15-20)31-3)24(28)26-17-10-12-21(13-11-17)33(29,30)27-18-9-8-16(2)22(25)14-18/h5-15,23,27H,4H2,1-3H3,(H,26,28)/t23-/m0/s1. The summed E-state index contributed by atoms with van der Waals surface area (Å²) < 4.78 is 38.8. The van der Waals surface area contributed by atoms with E-state index in [4.69, 9.17) is 21.1 Å². The first-order valence-electron chi connectivity index (χ1n) is 10.2. The highest BCUT2D eigenvalue weighted by molar-refractivity contribution is 7.92. The van der Waals surface area contributed by atoms with Gasteiger partial charge in [0, 0.05) is 16.8 Å². The number of sulfonamides is 1. The lowest BCUT2D eigenvalue weighted by atomic mass is 10.2. The number of carbonyl (C=O) groups is 1. The second-order valence-corrected chi connectivity index (χ2v) is 9.37. The smallest absolute Gasteiger partial charge is 0.265 e. The van der Waals surface area contributed by atoms with Crippen LogP contribution in [0, 0.1) is 6.92 Å². The van der Waals surface area contributed by atoms with E-state index < -0.39 is 16.1 Å². The molecule has 9 heteroatoms. The SMILES string of the molecule is CC[C@H](Oc1cccc(OC)c1)C(=O)Nc1ccc(S(=O)(=O)Nc2ccc(C)c(Cl)c2)cc1. The van der Waals surface area contributed by atoms with Crippen LogP contribution in [-0.4, -0.2) is 27.5 Å². The Morgan fingerprint density at radius 3 is 2.30 bits per heavy atom. The van der Waals surface area contributed by atoms with Gasteiger partial charge in [-0.15, -0.1) is 0 Å². The zero-order valence-corrected chi connectivity index (χ0v) is 20.0. The van der Waals surface area contributed by atoms with Crippen LogP contribution in [0.4, 0.5) is 11.4 Å². The van der Waals surface area contributed by atoms with Gasteiger partial charge in [-0.25, -0.2) is 8.42 Å². The molecule has 0 bridgehead atoms. The summed E-state index contributed by atoms with van der Waals surface area (Å²) >= 11 is 6.07. The van der Waals surface area contributed by atoms with Crippen molar-refractivity contribution in [2.75, 3.05) is 17.1 Å². The molecule has 0 heterocycles. The number of hydrogen-bond acceptors (Lipinski definition) is 5. The quantitative estimate of drug-likeness (QED) is 0.429. The Hall–Kier alpha value is -3.23. The Kier molecular flexibility index (Phi) is 7.84. The third-order valence-corrected chi connectivity index (χ3v) is 6.64. The fraction of sp³-hybridized carbons (Fsp3) is 0.208. The molecule has 0 radical (unpaired) electrons. The molecule has 0 aliphatic carbocycles. The molecule has 0 unspecified atom stereocenters. The minimum atomic E-state index is -3.81. The van der Waals surface area contributed by atoms with Crippen molar-refractivity contribution in [3.63, 3.8) is 0 Å². The summed E-state index contributed by atoms with van der Waals surface area (Å²) in [7, 11) is -2.26. The molecule has 0 saturated heterocycles. The van der Waals surface area contributed by atoms with Crippen LogP contribution in [0.25, 0.3) is 0 Å². The van der Waals surface area contributed by atoms with Gasteiger partial charge in [0.15, 0.2) is 6.10 Å². The van der Waals surface area contributed by atoms with Gasteiger partial charge in [-0.05, 0) is 67.4 Å². The first-order valence-corrected chi connectivity index (χ1v) is 12.1. The second-order valence-electron chi connectivity index (χ2n) is 7.28. The van der Waals surface area contributed by atoms with Crippen molar-refractivity contribution >= 4 is 38.9 Å². The molecule has 1 atom stereocenters. The molecule has 3 aromatic rings. The van der Waals surface area contributed by atoms with Crippen LogP contribution in [0.15, 0.2) is 71.6 Å². The number of aryl methyl sites for hydroxylation is 1. The van der Waals surface area contributed by atoms with Gasteiger partial charge in [0.05, 0.1) is 17.7 Å². The zero-order valence-electron chi connectivity index (χ0n) is 18.5. The van der Waals surface area contributed by atoms with Gasteiger partial charge in [0.2, 0.25) is 0 Å². The topological polar surface area (TPSA) is 93.7 Å². The number of methoxy groups -OCH3 is 1. The summed E-state index contributed by atoms with van der Waals surface area (Å²) in [6.07, 6.45) is -0.285. The van der Waals surface area contributed by atoms with Crippen molar-refractivity contribution < 1.29 is 22.7 Å². The lowest BCUT2D eigenvalue weighted by Gasteiger charge is -2.18. The van der Waals surface area contributed by atoms with Crippen molar-refractivity contribution in [3.8, 4) is 11.5 Å². The maximum atomic E-state index is 12.7. The van der Waals surface area contributed by atoms with Crippen LogP contribution in [0.5, 0.6) is 11.5 Å². The fourth-order valence-electron chi connectivity index (χ4n) is 2.97. The monoisotopic (exact) mass is 488 g/mol. The number of nitrogens with one attached hydrogen (secondary N) is 2. The summed E-state index contributed by atoms with van der Waals surface area (Å²) in [6, 6.07) is 17.8. The molecule has 0 aromatic heterocycles. The zero-order chi connectivity index (χ0) is 24.0. The number of carbonyl (C=O) groups excluding carboxylic acids is 1. The lowest BCUT2D eigenvalue weighted by molar-refractivity contribution is -0.122. The molecule has 0 aliphatic rings. The highest BCUT2D eigenvalue weighted by Crippen LogP contribution is 2.24. The van der Waals surface area contributed by atoms with E-state index in [-0.39, 0.29) is 10.8 Å². The Bertz CT molecular complexity index is 1230. The number of rotatable bonds is 9. The largest absolute Gasteiger partial charge is 0.497 e. The van der Waals surface area contributed by atoms with E-state index in [0.29, 0.717) is 34.3 Å². The number of amides is 1. The van der Waals surface area contributed by atoms with Crippen molar-refractivity contribution in [1.29, 1.82) is 0 Å². The molecule has 2 N–H and O–H groups in total. The third kappa shape index (κ3) is 6.40. The predicted octanol–water partition coefficient (Wildman–Crippen LogP) is 5.25. The molecule has 0 aliphatic heterocycles. The Balaban J connectivity index is 1.67. The third-order valence-electron chi connectivity index (χ3n) is 4.84. The van der Waals surface area contributed by atoms with Gasteiger partial charge in [-0.1, -0.05) is 30.7 Å². The van der Waals surface area contributed by atoms with Crippen LogP contribution >= 0.6 is 11.6 Å². The van der Waals surface area contributed by atoms with Gasteiger partial charge in [-0.2, -0.15) is 0 Å². The van der Waals surface area contributed by atoms with Crippen molar-refractivity contribution in [2.45, 2.75) is 31.3 Å². The van der Waals surface area contributed by atoms with Gasteiger partial charge in [-0.3, -0.25) is 9.52 Å². The van der Waals surface area contributed by atoms with Crippen molar-refractivity contribution in [2.24, 2.45) is 0 Å². The van der Waals surface area contributed by atoms with Crippen LogP contribution in [0.3, 0.4) is 0 Å². The average molecular weight is 489 g/mol. The molecule has 33 heavy (non-hydrogen) atoms. The van der Waals surface area contributed by atoms with Gasteiger partial charge >= 0.3 is 0 Å². The van der Waals surface area contributed by atoms with E-state index in [9.17, 15) is 13.2 Å². The van der Waals surface area contributed by atoms with Crippen molar-refractivity contribution in [3.05, 3.63) is 77.3 Å². The Labute approximate surface area is 198 Å². The van der Waals surface area contributed by atoms with E-state index in [0.717, 1.165) is 5.56 Å². The number of ether oxygens (including phenoxy) is 2. The maximum absolute atomic E-state index is 12.7. The molecular formula is C24H25ClN2O5S. The van der Waals surface area contributed by atoms with Gasteiger partial charge in [0.1, 0.15) is 11.5 Å². The van der Waals surface area contributed by atoms with Gasteiger partial charge < -0.3 is 14.8 Å². The summed E-state index contributed by atoms with van der Waals surface area (Å²) in [4.78, 5) is 12.7. The first kappa shape index (κ1) is 24.4. The summed E-state index contributed by atoms with van der Waals surface area (Å²) in [5, 5.41) is 3.22. The summed E-state index contributed by atoms with van der Waals surface area (Å²) in [5.41, 5.74) is 1.66. The summed E-state index contributed by atoms with van der Waals surface area (Å²) in [5.74, 6) is 0.796. The molecular weight excluding hydrogens is 464 g/mol. The minimum absolute atomic E-state index is 0.0527. The normalized spacial score (nSPS) is 12.0. The van der Waals surface area contributed by atoms with Crippen LogP contribution in [-0.2, 0) is 14.8 Å². The van der Waals surface area contributed by atoms with Crippen LogP contribution in [0.1, 0.15) is 18.9 Å². The minimum Gasteiger partial charge on any atom is -0.497 e. The van der Waals surface area contributed by atoms with E-state index in [1.807, 2.05) is 13.8 Å². The van der Waals surface area contributed by atoms with E-state index in [1.165, 1.54) is 24.3 Å². The van der Waals surface area contributed by atoms with E-state index in [1.54, 1.807) is 49.6 Å². The highest BCUT2D eigenvalue weighted by atomic mass is 35.5. The molecule has 0 spiro atoms. The van der Waals surface area contributed by atoms with Crippen molar-refractivity contribution in [1.82, 2.24) is 0 Å². The second kappa shape index (κ2) is 10.6.